The lowest BCUT2D eigenvalue weighted by atomic mass is 9.92. The van der Waals surface area contributed by atoms with Crippen LogP contribution in [0.15, 0.2) is 24.3 Å². The lowest BCUT2D eigenvalue weighted by Gasteiger charge is -2.38. The molecular formula is C20H24F2N2O2. The molecule has 3 fully saturated rings. The first-order chi connectivity index (χ1) is 12.5. The summed E-state index contributed by atoms with van der Waals surface area (Å²) in [6, 6.07) is 6.37. The van der Waals surface area contributed by atoms with E-state index in [4.69, 9.17) is 0 Å². The van der Waals surface area contributed by atoms with E-state index in [1.165, 1.54) is 12.1 Å². The van der Waals surface area contributed by atoms with Crippen LogP contribution in [0.3, 0.4) is 0 Å². The smallest absolute Gasteiger partial charge is 0.233 e. The van der Waals surface area contributed by atoms with Crippen molar-refractivity contribution in [3.63, 3.8) is 0 Å². The van der Waals surface area contributed by atoms with Crippen molar-refractivity contribution >= 4 is 11.8 Å². The van der Waals surface area contributed by atoms with Gasteiger partial charge < -0.3 is 9.80 Å². The molecule has 0 spiro atoms. The Kier molecular flexibility index (Phi) is 4.45. The topological polar surface area (TPSA) is 40.6 Å². The Morgan fingerprint density at radius 3 is 2.35 bits per heavy atom. The zero-order valence-corrected chi connectivity index (χ0v) is 14.8. The number of carbonyl (C=O) groups excluding carboxylic acids is 2. The van der Waals surface area contributed by atoms with Gasteiger partial charge in [0, 0.05) is 38.0 Å². The van der Waals surface area contributed by atoms with Crippen LogP contribution >= 0.6 is 0 Å². The fourth-order valence-electron chi connectivity index (χ4n) is 4.47. The number of carbonyl (C=O) groups is 2. The first-order valence-electron chi connectivity index (χ1n) is 9.44. The third-order valence-corrected chi connectivity index (χ3v) is 6.21. The zero-order valence-electron chi connectivity index (χ0n) is 14.8. The summed E-state index contributed by atoms with van der Waals surface area (Å²) in [4.78, 5) is 28.9. The molecular weight excluding hydrogens is 338 g/mol. The van der Waals surface area contributed by atoms with Gasteiger partial charge in [0.2, 0.25) is 11.8 Å². The summed E-state index contributed by atoms with van der Waals surface area (Å²) in [5.41, 5.74) is 0.412. The minimum absolute atomic E-state index is 0.0439. The molecule has 4 nitrogen and oxygen atoms in total. The van der Waals surface area contributed by atoms with Crippen LogP contribution in [-0.4, -0.2) is 54.0 Å². The second kappa shape index (κ2) is 6.63. The molecule has 1 saturated carbocycles. The van der Waals surface area contributed by atoms with Crippen LogP contribution in [0, 0.1) is 11.7 Å². The molecule has 0 bridgehead atoms. The zero-order chi connectivity index (χ0) is 18.3. The van der Waals surface area contributed by atoms with Gasteiger partial charge in [-0.3, -0.25) is 14.0 Å². The van der Waals surface area contributed by atoms with Crippen molar-refractivity contribution in [1.29, 1.82) is 0 Å². The van der Waals surface area contributed by atoms with Crippen LogP contribution in [0.2, 0.25) is 0 Å². The molecule has 1 unspecified atom stereocenters. The number of piperidine rings is 1. The van der Waals surface area contributed by atoms with Gasteiger partial charge in [-0.2, -0.15) is 0 Å². The Morgan fingerprint density at radius 1 is 1.15 bits per heavy atom. The molecule has 2 amide bonds. The standard InChI is InChI=1S/C20H24F2N2O2/c21-12-14-11-18(25)24(13-14)17-5-9-23(10-6-17)19(26)20(7-8-20)15-1-3-16(22)4-2-15/h1-4,14,17H,5-13H2. The van der Waals surface area contributed by atoms with E-state index in [9.17, 15) is 18.4 Å². The van der Waals surface area contributed by atoms with Gasteiger partial charge in [-0.25, -0.2) is 4.39 Å². The molecule has 6 heteroatoms. The Labute approximate surface area is 152 Å². The number of nitrogens with zero attached hydrogens (tertiary/aromatic N) is 2. The van der Waals surface area contributed by atoms with Gasteiger partial charge in [0.25, 0.3) is 0 Å². The number of rotatable bonds is 4. The maximum absolute atomic E-state index is 13.2. The van der Waals surface area contributed by atoms with Crippen molar-refractivity contribution < 1.29 is 18.4 Å². The Morgan fingerprint density at radius 2 is 1.81 bits per heavy atom. The quantitative estimate of drug-likeness (QED) is 0.826. The minimum Gasteiger partial charge on any atom is -0.342 e. The van der Waals surface area contributed by atoms with Crippen LogP contribution in [0.25, 0.3) is 0 Å². The number of halogens is 2. The Bertz CT molecular complexity index is 694. The van der Waals surface area contributed by atoms with E-state index in [2.05, 4.69) is 0 Å². The first-order valence-corrected chi connectivity index (χ1v) is 9.44. The van der Waals surface area contributed by atoms with Gasteiger partial charge in [-0.1, -0.05) is 12.1 Å². The van der Waals surface area contributed by atoms with Gasteiger partial charge in [0.05, 0.1) is 12.1 Å². The molecule has 2 heterocycles. The molecule has 26 heavy (non-hydrogen) atoms. The Balaban J connectivity index is 1.38. The van der Waals surface area contributed by atoms with Crippen molar-refractivity contribution in [1.82, 2.24) is 9.80 Å². The molecule has 0 radical (unpaired) electrons. The van der Waals surface area contributed by atoms with Crippen molar-refractivity contribution in [3.8, 4) is 0 Å². The summed E-state index contributed by atoms with van der Waals surface area (Å²) in [5, 5.41) is 0. The molecule has 140 valence electrons. The summed E-state index contributed by atoms with van der Waals surface area (Å²) in [6.07, 6.45) is 3.41. The maximum Gasteiger partial charge on any atom is 0.233 e. The van der Waals surface area contributed by atoms with Crippen LogP contribution in [0.5, 0.6) is 0 Å². The SMILES string of the molecule is O=C1CC(CF)CN1C1CCN(C(=O)C2(c3ccc(F)cc3)CC2)CC1. The van der Waals surface area contributed by atoms with Gasteiger partial charge in [-0.05, 0) is 43.4 Å². The number of amides is 2. The normalized spacial score (nSPS) is 25.6. The highest BCUT2D eigenvalue weighted by Gasteiger charge is 2.53. The highest BCUT2D eigenvalue weighted by molar-refractivity contribution is 5.91. The molecule has 1 aromatic rings. The van der Waals surface area contributed by atoms with Crippen LogP contribution in [0.4, 0.5) is 8.78 Å². The van der Waals surface area contributed by atoms with E-state index in [1.54, 1.807) is 12.1 Å². The molecule has 1 atom stereocenters. The van der Waals surface area contributed by atoms with E-state index in [-0.39, 0.29) is 29.6 Å². The summed E-state index contributed by atoms with van der Waals surface area (Å²) < 4.78 is 26.0. The molecule has 2 saturated heterocycles. The number of alkyl halides is 1. The lowest BCUT2D eigenvalue weighted by Crippen LogP contribution is -2.49. The third-order valence-electron chi connectivity index (χ3n) is 6.21. The highest BCUT2D eigenvalue weighted by Crippen LogP contribution is 2.50. The largest absolute Gasteiger partial charge is 0.342 e. The monoisotopic (exact) mass is 362 g/mol. The summed E-state index contributed by atoms with van der Waals surface area (Å²) in [7, 11) is 0. The summed E-state index contributed by atoms with van der Waals surface area (Å²) in [5.74, 6) is -0.297. The molecule has 1 aliphatic carbocycles. The number of benzene rings is 1. The number of hydrogen-bond donors (Lipinski definition) is 0. The van der Waals surface area contributed by atoms with E-state index in [0.717, 1.165) is 31.2 Å². The van der Waals surface area contributed by atoms with Gasteiger partial charge >= 0.3 is 0 Å². The van der Waals surface area contributed by atoms with E-state index in [0.29, 0.717) is 26.1 Å². The summed E-state index contributed by atoms with van der Waals surface area (Å²) in [6.45, 7) is 1.31. The van der Waals surface area contributed by atoms with Gasteiger partial charge in [0.1, 0.15) is 5.82 Å². The van der Waals surface area contributed by atoms with Crippen molar-refractivity contribution in [2.24, 2.45) is 5.92 Å². The van der Waals surface area contributed by atoms with E-state index in [1.807, 2.05) is 9.80 Å². The maximum atomic E-state index is 13.2. The molecule has 3 aliphatic rings. The number of hydrogen-bond acceptors (Lipinski definition) is 2. The fourth-order valence-corrected chi connectivity index (χ4v) is 4.47. The predicted molar refractivity (Wildman–Crippen MR) is 92.7 cm³/mol. The lowest BCUT2D eigenvalue weighted by molar-refractivity contribution is -0.136. The molecule has 0 N–H and O–H groups in total. The summed E-state index contributed by atoms with van der Waals surface area (Å²) >= 11 is 0. The van der Waals surface area contributed by atoms with E-state index >= 15 is 0 Å². The van der Waals surface area contributed by atoms with Crippen LogP contribution in [0.1, 0.15) is 37.7 Å². The number of likely N-dealkylation sites (tertiary alicyclic amines) is 2. The Hall–Kier alpha value is -1.98. The van der Waals surface area contributed by atoms with Crippen LogP contribution in [-0.2, 0) is 15.0 Å². The highest BCUT2D eigenvalue weighted by atomic mass is 19.1. The van der Waals surface area contributed by atoms with Crippen LogP contribution < -0.4 is 0 Å². The first kappa shape index (κ1) is 17.4. The van der Waals surface area contributed by atoms with Gasteiger partial charge in [0.15, 0.2) is 0 Å². The van der Waals surface area contributed by atoms with E-state index < -0.39 is 12.1 Å². The third kappa shape index (κ3) is 2.99. The molecule has 0 aromatic heterocycles. The van der Waals surface area contributed by atoms with Crippen molar-refractivity contribution in [3.05, 3.63) is 35.6 Å². The second-order valence-corrected chi connectivity index (χ2v) is 7.88. The molecule has 2 aliphatic heterocycles. The van der Waals surface area contributed by atoms with Gasteiger partial charge in [-0.15, -0.1) is 0 Å². The molecule has 1 aromatic carbocycles. The minimum atomic E-state index is -0.483. The predicted octanol–water partition coefficient (Wildman–Crippen LogP) is 2.67. The molecule has 4 rings (SSSR count). The van der Waals surface area contributed by atoms with Crippen molar-refractivity contribution in [2.75, 3.05) is 26.3 Å². The second-order valence-electron chi connectivity index (χ2n) is 7.88. The van der Waals surface area contributed by atoms with Crippen molar-refractivity contribution in [2.45, 2.75) is 43.6 Å². The average molecular weight is 362 g/mol. The average Bonchev–Trinajstić information content (AvgIpc) is 3.38. The fraction of sp³-hybridized carbons (Fsp3) is 0.600.